The van der Waals surface area contributed by atoms with Crippen molar-refractivity contribution in [2.75, 3.05) is 11.9 Å². The Kier molecular flexibility index (Phi) is 2.94. The van der Waals surface area contributed by atoms with E-state index in [2.05, 4.69) is 4.98 Å². The molecule has 0 spiro atoms. The summed E-state index contributed by atoms with van der Waals surface area (Å²) >= 11 is 5.51. The van der Waals surface area contributed by atoms with Gasteiger partial charge < -0.3 is 9.32 Å². The monoisotopic (exact) mass is 278 g/mol. The van der Waals surface area contributed by atoms with E-state index in [1.807, 2.05) is 0 Å². The van der Waals surface area contributed by atoms with Crippen LogP contribution in [-0.4, -0.2) is 24.1 Å². The van der Waals surface area contributed by atoms with Gasteiger partial charge in [0.2, 0.25) is 0 Å². The van der Waals surface area contributed by atoms with Crippen molar-refractivity contribution in [2.45, 2.75) is 6.18 Å². The molecule has 0 unspecified atom stereocenters. The molecule has 0 saturated carbocycles. The third kappa shape index (κ3) is 2.26. The number of amides is 1. The molecule has 1 heterocycles. The van der Waals surface area contributed by atoms with E-state index < -0.39 is 12.1 Å². The van der Waals surface area contributed by atoms with Gasteiger partial charge in [0.1, 0.15) is 5.52 Å². The summed E-state index contributed by atoms with van der Waals surface area (Å²) in [5.41, 5.74) is 0.647. The van der Waals surface area contributed by atoms with Crippen molar-refractivity contribution in [3.63, 3.8) is 0 Å². The number of carbonyl (C=O) groups is 1. The molecule has 2 rings (SSSR count). The summed E-state index contributed by atoms with van der Waals surface area (Å²) in [5.74, 6) is -1.97. The van der Waals surface area contributed by atoms with Gasteiger partial charge in [-0.3, -0.25) is 4.79 Å². The van der Waals surface area contributed by atoms with Crippen LogP contribution in [0.25, 0.3) is 11.1 Å². The van der Waals surface area contributed by atoms with Crippen molar-refractivity contribution in [1.29, 1.82) is 0 Å². The average Bonchev–Trinajstić information content (AvgIpc) is 2.64. The highest BCUT2D eigenvalue weighted by Crippen LogP contribution is 2.27. The molecule has 8 heteroatoms. The van der Waals surface area contributed by atoms with Crippen LogP contribution < -0.4 is 4.90 Å². The molecule has 1 aromatic carbocycles. The van der Waals surface area contributed by atoms with E-state index in [1.165, 1.54) is 18.2 Å². The smallest absolute Gasteiger partial charge is 0.427 e. The molecule has 18 heavy (non-hydrogen) atoms. The van der Waals surface area contributed by atoms with Crippen molar-refractivity contribution in [2.24, 2.45) is 0 Å². The van der Waals surface area contributed by atoms with E-state index in [-0.39, 0.29) is 16.6 Å². The van der Waals surface area contributed by atoms with Gasteiger partial charge in [0, 0.05) is 18.8 Å². The summed E-state index contributed by atoms with van der Waals surface area (Å²) in [7, 11) is 1.02. The molecule has 0 saturated heterocycles. The molecule has 0 bridgehead atoms. The molecule has 1 amide bonds. The Labute approximate surface area is 104 Å². The first-order chi connectivity index (χ1) is 8.29. The van der Waals surface area contributed by atoms with E-state index in [9.17, 15) is 18.0 Å². The maximum Gasteiger partial charge on any atom is 0.471 e. The van der Waals surface area contributed by atoms with E-state index in [1.54, 1.807) is 0 Å². The van der Waals surface area contributed by atoms with Gasteiger partial charge in [-0.1, -0.05) is 0 Å². The summed E-state index contributed by atoms with van der Waals surface area (Å²) < 4.78 is 41.7. The fraction of sp³-hybridized carbons (Fsp3) is 0.200. The van der Waals surface area contributed by atoms with Gasteiger partial charge in [0.15, 0.2) is 5.58 Å². The van der Waals surface area contributed by atoms with Gasteiger partial charge in [0.25, 0.3) is 5.35 Å². The number of carbonyl (C=O) groups excluding carboxylic acids is 1. The van der Waals surface area contributed by atoms with E-state index in [4.69, 9.17) is 16.0 Å². The summed E-state index contributed by atoms with van der Waals surface area (Å²) in [6, 6.07) is 4.00. The van der Waals surface area contributed by atoms with Crippen molar-refractivity contribution >= 4 is 34.3 Å². The van der Waals surface area contributed by atoms with E-state index >= 15 is 0 Å². The van der Waals surface area contributed by atoms with Gasteiger partial charge in [0.05, 0.1) is 0 Å². The molecule has 0 aliphatic carbocycles. The predicted octanol–water partition coefficient (Wildman–Crippen LogP) is 3.01. The third-order valence-corrected chi connectivity index (χ3v) is 2.44. The number of hydrogen-bond donors (Lipinski definition) is 0. The first-order valence-corrected chi connectivity index (χ1v) is 5.08. The average molecular weight is 279 g/mol. The molecule has 0 aliphatic rings. The van der Waals surface area contributed by atoms with Crippen molar-refractivity contribution < 1.29 is 22.4 Å². The highest BCUT2D eigenvalue weighted by Gasteiger charge is 2.41. The van der Waals surface area contributed by atoms with Crippen LogP contribution in [0.4, 0.5) is 18.9 Å². The Morgan fingerprint density at radius 2 is 2.11 bits per heavy atom. The predicted molar refractivity (Wildman–Crippen MR) is 58.5 cm³/mol. The van der Waals surface area contributed by atoms with Gasteiger partial charge in [-0.05, 0) is 23.7 Å². The van der Waals surface area contributed by atoms with Crippen LogP contribution in [-0.2, 0) is 4.79 Å². The van der Waals surface area contributed by atoms with Crippen LogP contribution in [0.1, 0.15) is 0 Å². The number of aromatic nitrogens is 1. The minimum atomic E-state index is -4.93. The Hall–Kier alpha value is -1.76. The minimum Gasteiger partial charge on any atom is -0.427 e. The summed E-state index contributed by atoms with van der Waals surface area (Å²) in [6.07, 6.45) is -4.93. The highest BCUT2D eigenvalue weighted by molar-refractivity contribution is 6.28. The largest absolute Gasteiger partial charge is 0.471 e. The lowest BCUT2D eigenvalue weighted by molar-refractivity contribution is -0.170. The highest BCUT2D eigenvalue weighted by atomic mass is 35.5. The second-order valence-corrected chi connectivity index (χ2v) is 3.80. The van der Waals surface area contributed by atoms with Gasteiger partial charge in [-0.15, -0.1) is 0 Å². The Morgan fingerprint density at radius 1 is 1.44 bits per heavy atom. The van der Waals surface area contributed by atoms with Crippen LogP contribution in [0, 0.1) is 0 Å². The molecule has 0 N–H and O–H groups in total. The third-order valence-electron chi connectivity index (χ3n) is 2.28. The number of hydrogen-bond acceptors (Lipinski definition) is 3. The second-order valence-electron chi connectivity index (χ2n) is 3.48. The number of benzene rings is 1. The molecule has 1 aromatic heterocycles. The molecule has 96 valence electrons. The zero-order valence-electron chi connectivity index (χ0n) is 8.95. The lowest BCUT2D eigenvalue weighted by Crippen LogP contribution is -2.38. The zero-order chi connectivity index (χ0) is 13.5. The van der Waals surface area contributed by atoms with E-state index in [0.717, 1.165) is 7.05 Å². The zero-order valence-corrected chi connectivity index (χ0v) is 9.71. The van der Waals surface area contributed by atoms with E-state index in [0.29, 0.717) is 10.4 Å². The van der Waals surface area contributed by atoms with Gasteiger partial charge >= 0.3 is 12.1 Å². The molecular formula is C10H6ClF3N2O2. The van der Waals surface area contributed by atoms with Crippen LogP contribution in [0.2, 0.25) is 5.35 Å². The number of oxazole rings is 1. The SMILES string of the molecule is CN(C(=O)C(F)(F)F)c1ccc2nc(Cl)oc2c1. The molecule has 0 radical (unpaired) electrons. The fourth-order valence-corrected chi connectivity index (χ4v) is 1.58. The molecule has 0 fully saturated rings. The number of alkyl halides is 3. The molecule has 2 aromatic rings. The number of fused-ring (bicyclic) bond motifs is 1. The second kappa shape index (κ2) is 4.16. The van der Waals surface area contributed by atoms with Crippen molar-refractivity contribution in [1.82, 2.24) is 4.98 Å². The Morgan fingerprint density at radius 3 is 2.72 bits per heavy atom. The van der Waals surface area contributed by atoms with Crippen LogP contribution in [0.5, 0.6) is 0 Å². The normalized spacial score (nSPS) is 11.8. The first kappa shape index (κ1) is 12.7. The van der Waals surface area contributed by atoms with Gasteiger partial charge in [-0.2, -0.15) is 18.2 Å². The van der Waals surface area contributed by atoms with Crippen LogP contribution >= 0.6 is 11.6 Å². The number of halogens is 4. The van der Waals surface area contributed by atoms with Crippen molar-refractivity contribution in [3.8, 4) is 0 Å². The maximum absolute atomic E-state index is 12.3. The summed E-state index contributed by atoms with van der Waals surface area (Å²) in [6.45, 7) is 0. The molecule has 4 nitrogen and oxygen atoms in total. The Bertz CT molecular complexity index is 609. The van der Waals surface area contributed by atoms with Crippen LogP contribution in [0.3, 0.4) is 0 Å². The lowest BCUT2D eigenvalue weighted by Gasteiger charge is -2.18. The number of rotatable bonds is 1. The van der Waals surface area contributed by atoms with Crippen LogP contribution in [0.15, 0.2) is 22.6 Å². The van der Waals surface area contributed by atoms with Gasteiger partial charge in [-0.25, -0.2) is 0 Å². The molecule has 0 aliphatic heterocycles. The molecule has 0 atom stereocenters. The van der Waals surface area contributed by atoms with Crippen molar-refractivity contribution in [3.05, 3.63) is 23.5 Å². The summed E-state index contributed by atoms with van der Waals surface area (Å²) in [5, 5.41) is -0.119. The molecular weight excluding hydrogens is 273 g/mol. The Balaban J connectivity index is 2.39. The first-order valence-electron chi connectivity index (χ1n) is 4.70. The minimum absolute atomic E-state index is 0.0395. The summed E-state index contributed by atoms with van der Waals surface area (Å²) in [4.78, 5) is 15.3. The number of anilines is 1. The quantitative estimate of drug-likeness (QED) is 0.805. The standard InChI is InChI=1S/C10H6ClF3N2O2/c1-16(8(17)10(12,13)14)5-2-3-6-7(4-5)18-9(11)15-6/h2-4H,1H3. The number of nitrogens with zero attached hydrogens (tertiary/aromatic N) is 2. The topological polar surface area (TPSA) is 46.3 Å². The maximum atomic E-state index is 12.3. The fourth-order valence-electron chi connectivity index (χ4n) is 1.40. The lowest BCUT2D eigenvalue weighted by atomic mass is 10.2.